The Hall–Kier alpha value is -1.70. The SMILES string of the molecule is CCN(CC1CCCCO1)C(=O)Cn1nnnc1N. The second kappa shape index (κ2) is 6.46. The van der Waals surface area contributed by atoms with Crippen LogP contribution in [0.4, 0.5) is 5.95 Å². The second-order valence-corrected chi connectivity index (χ2v) is 4.62. The summed E-state index contributed by atoms with van der Waals surface area (Å²) < 4.78 is 6.95. The van der Waals surface area contributed by atoms with Gasteiger partial charge in [0.2, 0.25) is 11.9 Å². The third-order valence-corrected chi connectivity index (χ3v) is 3.28. The number of carbonyl (C=O) groups excluding carboxylic acids is 1. The van der Waals surface area contributed by atoms with E-state index in [1.54, 1.807) is 4.90 Å². The molecule has 0 radical (unpaired) electrons. The van der Waals surface area contributed by atoms with Crippen LogP contribution in [-0.4, -0.2) is 56.8 Å². The highest BCUT2D eigenvalue weighted by atomic mass is 16.5. The molecule has 8 heteroatoms. The summed E-state index contributed by atoms with van der Waals surface area (Å²) in [7, 11) is 0. The maximum atomic E-state index is 12.2. The quantitative estimate of drug-likeness (QED) is 0.785. The molecule has 1 aromatic rings. The van der Waals surface area contributed by atoms with Gasteiger partial charge in [0.15, 0.2) is 0 Å². The van der Waals surface area contributed by atoms with Crippen molar-refractivity contribution in [2.24, 2.45) is 0 Å². The van der Waals surface area contributed by atoms with Crippen molar-refractivity contribution >= 4 is 11.9 Å². The van der Waals surface area contributed by atoms with Crippen LogP contribution in [0, 0.1) is 0 Å². The second-order valence-electron chi connectivity index (χ2n) is 4.62. The average molecular weight is 268 g/mol. The van der Waals surface area contributed by atoms with E-state index in [0.29, 0.717) is 13.1 Å². The Kier molecular flexibility index (Phi) is 4.67. The number of anilines is 1. The van der Waals surface area contributed by atoms with Crippen molar-refractivity contribution in [3.05, 3.63) is 0 Å². The van der Waals surface area contributed by atoms with Crippen LogP contribution in [0.25, 0.3) is 0 Å². The lowest BCUT2D eigenvalue weighted by atomic mass is 10.1. The van der Waals surface area contributed by atoms with Crippen molar-refractivity contribution in [3.63, 3.8) is 0 Å². The summed E-state index contributed by atoms with van der Waals surface area (Å²) in [5, 5.41) is 10.6. The molecule has 8 nitrogen and oxygen atoms in total. The molecule has 1 atom stereocenters. The first-order valence-electron chi connectivity index (χ1n) is 6.61. The molecular weight excluding hydrogens is 248 g/mol. The van der Waals surface area contributed by atoms with E-state index < -0.39 is 0 Å². The van der Waals surface area contributed by atoms with Crippen LogP contribution in [0.3, 0.4) is 0 Å². The zero-order valence-corrected chi connectivity index (χ0v) is 11.2. The van der Waals surface area contributed by atoms with Gasteiger partial charge in [-0.15, -0.1) is 0 Å². The molecule has 1 amide bonds. The number of ether oxygens (including phenoxy) is 1. The third kappa shape index (κ3) is 3.63. The average Bonchev–Trinajstić information content (AvgIpc) is 2.82. The molecule has 0 aliphatic carbocycles. The first-order chi connectivity index (χ1) is 9.20. The molecule has 1 saturated heterocycles. The van der Waals surface area contributed by atoms with Gasteiger partial charge in [0.25, 0.3) is 0 Å². The molecule has 2 rings (SSSR count). The number of hydrogen-bond donors (Lipinski definition) is 1. The highest BCUT2D eigenvalue weighted by molar-refractivity contribution is 5.76. The van der Waals surface area contributed by atoms with E-state index in [1.165, 1.54) is 4.68 Å². The molecule has 1 aliphatic heterocycles. The lowest BCUT2D eigenvalue weighted by Gasteiger charge is -2.29. The summed E-state index contributed by atoms with van der Waals surface area (Å²) in [4.78, 5) is 13.9. The molecule has 1 unspecified atom stereocenters. The van der Waals surface area contributed by atoms with Crippen molar-refractivity contribution in [1.29, 1.82) is 0 Å². The van der Waals surface area contributed by atoms with E-state index in [9.17, 15) is 4.79 Å². The van der Waals surface area contributed by atoms with Crippen LogP contribution in [0.2, 0.25) is 0 Å². The number of likely N-dealkylation sites (N-methyl/N-ethyl adjacent to an activating group) is 1. The van der Waals surface area contributed by atoms with Crippen LogP contribution < -0.4 is 5.73 Å². The van der Waals surface area contributed by atoms with E-state index in [-0.39, 0.29) is 24.5 Å². The van der Waals surface area contributed by atoms with Gasteiger partial charge in [0.1, 0.15) is 6.54 Å². The maximum absolute atomic E-state index is 12.2. The van der Waals surface area contributed by atoms with Gasteiger partial charge in [0, 0.05) is 19.7 Å². The van der Waals surface area contributed by atoms with Crippen molar-refractivity contribution in [3.8, 4) is 0 Å². The molecule has 1 fully saturated rings. The van der Waals surface area contributed by atoms with Crippen LogP contribution in [0.15, 0.2) is 0 Å². The molecule has 0 aromatic carbocycles. The van der Waals surface area contributed by atoms with Crippen molar-refractivity contribution in [1.82, 2.24) is 25.1 Å². The number of amides is 1. The number of aromatic nitrogens is 4. The molecule has 2 heterocycles. The maximum Gasteiger partial charge on any atom is 0.244 e. The molecule has 0 spiro atoms. The highest BCUT2D eigenvalue weighted by Crippen LogP contribution is 2.14. The number of rotatable bonds is 5. The van der Waals surface area contributed by atoms with Crippen LogP contribution in [-0.2, 0) is 16.1 Å². The fourth-order valence-electron chi connectivity index (χ4n) is 2.16. The first kappa shape index (κ1) is 13.7. The molecule has 0 saturated carbocycles. The van der Waals surface area contributed by atoms with Crippen molar-refractivity contribution in [2.45, 2.75) is 38.8 Å². The predicted molar refractivity (Wildman–Crippen MR) is 68.1 cm³/mol. The molecular formula is C11H20N6O2. The lowest BCUT2D eigenvalue weighted by Crippen LogP contribution is -2.41. The summed E-state index contributed by atoms with van der Waals surface area (Å²) in [5.74, 6) is 0.106. The fraction of sp³-hybridized carbons (Fsp3) is 0.818. The number of nitrogens with two attached hydrogens (primary N) is 1. The molecule has 2 N–H and O–H groups in total. The molecule has 19 heavy (non-hydrogen) atoms. The van der Waals surface area contributed by atoms with Crippen molar-refractivity contribution < 1.29 is 9.53 Å². The van der Waals surface area contributed by atoms with Gasteiger partial charge in [-0.3, -0.25) is 4.79 Å². The Morgan fingerprint density at radius 2 is 2.42 bits per heavy atom. The van der Waals surface area contributed by atoms with Gasteiger partial charge in [-0.25, -0.2) is 4.68 Å². The zero-order chi connectivity index (χ0) is 13.7. The van der Waals surface area contributed by atoms with Gasteiger partial charge in [-0.05, 0) is 36.6 Å². The fourth-order valence-corrected chi connectivity index (χ4v) is 2.16. The van der Waals surface area contributed by atoms with Crippen molar-refractivity contribution in [2.75, 3.05) is 25.4 Å². The molecule has 0 bridgehead atoms. The summed E-state index contributed by atoms with van der Waals surface area (Å²) in [6.45, 7) is 4.07. The Morgan fingerprint density at radius 3 is 3.00 bits per heavy atom. The van der Waals surface area contributed by atoms with Gasteiger partial charge in [-0.1, -0.05) is 5.10 Å². The van der Waals surface area contributed by atoms with E-state index >= 15 is 0 Å². The summed E-state index contributed by atoms with van der Waals surface area (Å²) in [6.07, 6.45) is 3.43. The monoisotopic (exact) mass is 268 g/mol. The van der Waals surface area contributed by atoms with E-state index in [2.05, 4.69) is 15.5 Å². The smallest absolute Gasteiger partial charge is 0.244 e. The van der Waals surface area contributed by atoms with Crippen LogP contribution in [0.5, 0.6) is 0 Å². The van der Waals surface area contributed by atoms with Gasteiger partial charge < -0.3 is 15.4 Å². The topological polar surface area (TPSA) is 99.2 Å². The molecule has 106 valence electrons. The normalized spacial score (nSPS) is 19.3. The van der Waals surface area contributed by atoms with Crippen LogP contribution in [0.1, 0.15) is 26.2 Å². The number of nitrogen functional groups attached to an aromatic ring is 1. The summed E-state index contributed by atoms with van der Waals surface area (Å²) in [6, 6.07) is 0. The standard InChI is InChI=1S/C11H20N6O2/c1-2-16(7-9-5-3-4-6-19-9)10(18)8-17-11(12)13-14-15-17/h9H,2-8H2,1H3,(H2,12,13,15). The number of tetrazole rings is 1. The number of nitrogens with zero attached hydrogens (tertiary/aromatic N) is 5. The van der Waals surface area contributed by atoms with Crippen LogP contribution >= 0.6 is 0 Å². The van der Waals surface area contributed by atoms with Gasteiger partial charge >= 0.3 is 0 Å². The van der Waals surface area contributed by atoms with E-state index in [4.69, 9.17) is 10.5 Å². The molecule has 1 aliphatic rings. The van der Waals surface area contributed by atoms with Gasteiger partial charge in [0.05, 0.1) is 6.10 Å². The van der Waals surface area contributed by atoms with Gasteiger partial charge in [-0.2, -0.15) is 0 Å². The minimum Gasteiger partial charge on any atom is -0.376 e. The molecule has 1 aromatic heterocycles. The minimum atomic E-state index is -0.0457. The Labute approximate surface area is 111 Å². The predicted octanol–water partition coefficient (Wildman–Crippen LogP) is -0.327. The number of hydrogen-bond acceptors (Lipinski definition) is 6. The zero-order valence-electron chi connectivity index (χ0n) is 11.2. The largest absolute Gasteiger partial charge is 0.376 e. The Morgan fingerprint density at radius 1 is 1.58 bits per heavy atom. The minimum absolute atomic E-state index is 0.0457. The lowest BCUT2D eigenvalue weighted by molar-refractivity contribution is -0.134. The van der Waals surface area contributed by atoms with E-state index in [1.807, 2.05) is 6.92 Å². The summed E-state index contributed by atoms with van der Waals surface area (Å²) in [5.41, 5.74) is 5.55. The van der Waals surface area contributed by atoms with E-state index in [0.717, 1.165) is 25.9 Å². The summed E-state index contributed by atoms with van der Waals surface area (Å²) >= 11 is 0. The Balaban J connectivity index is 1.89. The first-order valence-corrected chi connectivity index (χ1v) is 6.61. The highest BCUT2D eigenvalue weighted by Gasteiger charge is 2.21. The Bertz CT molecular complexity index is 415. The number of carbonyl (C=O) groups is 1. The third-order valence-electron chi connectivity index (χ3n) is 3.28.